The average Bonchev–Trinajstić information content (AvgIpc) is 2.94. The molecule has 6 heteroatoms. The summed E-state index contributed by atoms with van der Waals surface area (Å²) >= 11 is 0. The van der Waals surface area contributed by atoms with E-state index in [4.69, 9.17) is 18.5 Å². The smallest absolute Gasteiger partial charge is 0.471 e. The molecule has 110 valence electrons. The van der Waals surface area contributed by atoms with Crippen molar-refractivity contribution in [3.05, 3.63) is 12.3 Å². The molecule has 2 aliphatic heterocycles. The lowest BCUT2D eigenvalue weighted by atomic mass is 9.86. The Morgan fingerprint density at radius 2 is 1.65 bits per heavy atom. The van der Waals surface area contributed by atoms with Gasteiger partial charge in [-0.25, -0.2) is 0 Å². The number of rotatable bonds is 2. The first-order valence-corrected chi connectivity index (χ1v) is 7.16. The highest BCUT2D eigenvalue weighted by Gasteiger charge is 2.53. The number of morpholine rings is 1. The summed E-state index contributed by atoms with van der Waals surface area (Å²) in [5.41, 5.74) is 1.11. The highest BCUT2D eigenvalue weighted by Crippen LogP contribution is 2.36. The van der Waals surface area contributed by atoms with E-state index in [9.17, 15) is 0 Å². The second kappa shape index (κ2) is 4.79. The van der Waals surface area contributed by atoms with Crippen molar-refractivity contribution in [2.24, 2.45) is 0 Å². The molecule has 3 heterocycles. The van der Waals surface area contributed by atoms with Crippen LogP contribution in [0.2, 0.25) is 0 Å². The van der Waals surface area contributed by atoms with E-state index in [0.29, 0.717) is 0 Å². The van der Waals surface area contributed by atoms with Crippen LogP contribution in [0.3, 0.4) is 0 Å². The first kappa shape index (κ1) is 14.0. The fourth-order valence-corrected chi connectivity index (χ4v) is 2.41. The van der Waals surface area contributed by atoms with E-state index < -0.39 is 7.12 Å². The largest absolute Gasteiger partial charge is 0.532 e. The molecule has 0 unspecified atom stereocenters. The second-order valence-electron chi connectivity index (χ2n) is 6.39. The molecular formula is C14H22BNO4. The Morgan fingerprint density at radius 1 is 1.05 bits per heavy atom. The van der Waals surface area contributed by atoms with Crippen molar-refractivity contribution in [3.63, 3.8) is 0 Å². The van der Waals surface area contributed by atoms with Crippen molar-refractivity contribution in [1.29, 1.82) is 0 Å². The maximum Gasteiger partial charge on any atom is 0.532 e. The van der Waals surface area contributed by atoms with E-state index >= 15 is 0 Å². The Balaban J connectivity index is 1.74. The molecule has 1 aromatic rings. The lowest BCUT2D eigenvalue weighted by Gasteiger charge is -2.32. The van der Waals surface area contributed by atoms with Gasteiger partial charge in [0.2, 0.25) is 0 Å². The summed E-state index contributed by atoms with van der Waals surface area (Å²) in [6.07, 6.45) is 1.77. The van der Waals surface area contributed by atoms with E-state index in [0.717, 1.165) is 37.7 Å². The Kier molecular flexibility index (Phi) is 3.35. The minimum absolute atomic E-state index is 0.344. The summed E-state index contributed by atoms with van der Waals surface area (Å²) in [6, 6.07) is 2.01. The third-order valence-corrected chi connectivity index (χ3v) is 4.47. The van der Waals surface area contributed by atoms with Crippen LogP contribution in [-0.4, -0.2) is 44.6 Å². The van der Waals surface area contributed by atoms with E-state index in [1.165, 1.54) is 0 Å². The number of ether oxygens (including phenoxy) is 1. The minimum Gasteiger partial charge on any atom is -0.471 e. The van der Waals surface area contributed by atoms with Crippen LogP contribution in [0, 0.1) is 0 Å². The third kappa shape index (κ3) is 2.36. The zero-order valence-corrected chi connectivity index (χ0v) is 12.6. The number of nitrogens with zero attached hydrogens (tertiary/aromatic N) is 1. The van der Waals surface area contributed by atoms with Gasteiger partial charge in [0, 0.05) is 13.1 Å². The van der Waals surface area contributed by atoms with Crippen molar-refractivity contribution < 1.29 is 18.5 Å². The summed E-state index contributed by atoms with van der Waals surface area (Å²) in [5, 5.41) is 0. The Bertz CT molecular complexity index is 463. The number of hydrogen-bond donors (Lipinski definition) is 0. The quantitative estimate of drug-likeness (QED) is 0.766. The predicted molar refractivity (Wildman–Crippen MR) is 77.5 cm³/mol. The van der Waals surface area contributed by atoms with Crippen LogP contribution in [0.1, 0.15) is 27.7 Å². The predicted octanol–water partition coefficient (Wildman–Crippen LogP) is 1.42. The maximum absolute atomic E-state index is 5.99. The SMILES string of the molecule is CC1(C)OB(c2cc(N3CCOCC3)co2)OC1(C)C. The van der Waals surface area contributed by atoms with Crippen LogP contribution in [0.15, 0.2) is 16.7 Å². The number of anilines is 1. The van der Waals surface area contributed by atoms with E-state index in [1.54, 1.807) is 6.26 Å². The van der Waals surface area contributed by atoms with Gasteiger partial charge in [-0.05, 0) is 33.8 Å². The first-order valence-electron chi connectivity index (χ1n) is 7.16. The molecule has 1 aromatic heterocycles. The van der Waals surface area contributed by atoms with Crippen LogP contribution in [-0.2, 0) is 14.0 Å². The highest BCUT2D eigenvalue weighted by molar-refractivity contribution is 6.60. The summed E-state index contributed by atoms with van der Waals surface area (Å²) in [5.74, 6) is 0. The van der Waals surface area contributed by atoms with Crippen molar-refractivity contribution in [2.75, 3.05) is 31.2 Å². The Labute approximate surface area is 120 Å². The summed E-state index contributed by atoms with van der Waals surface area (Å²) < 4.78 is 23.0. The van der Waals surface area contributed by atoms with Gasteiger partial charge in [0.15, 0.2) is 0 Å². The molecule has 20 heavy (non-hydrogen) atoms. The fraction of sp³-hybridized carbons (Fsp3) is 0.714. The van der Waals surface area contributed by atoms with Crippen molar-refractivity contribution in [1.82, 2.24) is 0 Å². The second-order valence-corrected chi connectivity index (χ2v) is 6.39. The van der Waals surface area contributed by atoms with Crippen LogP contribution in [0.5, 0.6) is 0 Å². The standard InChI is InChI=1S/C14H22BNO4/c1-13(2)14(3,4)20-15(19-13)12-9-11(10-18-12)16-5-7-17-8-6-16/h9-10H,5-8H2,1-4H3. The number of hydrogen-bond acceptors (Lipinski definition) is 5. The van der Waals surface area contributed by atoms with Crippen LogP contribution < -0.4 is 10.6 Å². The average molecular weight is 279 g/mol. The van der Waals surface area contributed by atoms with E-state index in [1.807, 2.05) is 33.8 Å². The molecular weight excluding hydrogens is 257 g/mol. The summed E-state index contributed by atoms with van der Waals surface area (Å²) in [4.78, 5) is 2.25. The molecule has 0 aliphatic carbocycles. The topological polar surface area (TPSA) is 44.1 Å². The lowest BCUT2D eigenvalue weighted by Crippen LogP contribution is -2.41. The van der Waals surface area contributed by atoms with Gasteiger partial charge in [0.25, 0.3) is 0 Å². The fourth-order valence-electron chi connectivity index (χ4n) is 2.41. The van der Waals surface area contributed by atoms with Gasteiger partial charge in [-0.3, -0.25) is 0 Å². The molecule has 0 atom stereocenters. The number of furan rings is 1. The zero-order valence-electron chi connectivity index (χ0n) is 12.6. The molecule has 0 spiro atoms. The molecule has 0 bridgehead atoms. The van der Waals surface area contributed by atoms with E-state index in [2.05, 4.69) is 4.90 Å². The van der Waals surface area contributed by atoms with Gasteiger partial charge in [-0.2, -0.15) is 0 Å². The normalized spacial score (nSPS) is 25.2. The van der Waals surface area contributed by atoms with Gasteiger partial charge in [0.1, 0.15) is 11.9 Å². The molecule has 0 radical (unpaired) electrons. The van der Waals surface area contributed by atoms with Crippen molar-refractivity contribution in [3.8, 4) is 0 Å². The van der Waals surface area contributed by atoms with Crippen LogP contribution in [0.25, 0.3) is 0 Å². The molecule has 2 fully saturated rings. The lowest BCUT2D eigenvalue weighted by molar-refractivity contribution is 0.00578. The molecule has 0 N–H and O–H groups in total. The van der Waals surface area contributed by atoms with Crippen LogP contribution in [0.4, 0.5) is 5.69 Å². The minimum atomic E-state index is -0.435. The highest BCUT2D eigenvalue weighted by atomic mass is 16.7. The molecule has 3 rings (SSSR count). The van der Waals surface area contributed by atoms with E-state index in [-0.39, 0.29) is 11.2 Å². The molecule has 0 saturated carbocycles. The molecule has 2 aliphatic rings. The van der Waals surface area contributed by atoms with Gasteiger partial charge >= 0.3 is 7.12 Å². The monoisotopic (exact) mass is 279 g/mol. The molecule has 5 nitrogen and oxygen atoms in total. The van der Waals surface area contributed by atoms with Crippen molar-refractivity contribution in [2.45, 2.75) is 38.9 Å². The van der Waals surface area contributed by atoms with Crippen LogP contribution >= 0.6 is 0 Å². The van der Waals surface area contributed by atoms with Gasteiger partial charge in [-0.15, -0.1) is 0 Å². The molecule has 0 amide bonds. The van der Waals surface area contributed by atoms with Crippen molar-refractivity contribution >= 4 is 18.5 Å². The Hall–Kier alpha value is -0.975. The molecule has 2 saturated heterocycles. The zero-order chi connectivity index (χ0) is 14.4. The van der Waals surface area contributed by atoms with Gasteiger partial charge in [0.05, 0.1) is 30.1 Å². The Morgan fingerprint density at radius 3 is 2.25 bits per heavy atom. The van der Waals surface area contributed by atoms with Gasteiger partial charge in [-0.1, -0.05) is 0 Å². The molecule has 0 aromatic carbocycles. The maximum atomic E-state index is 5.99. The third-order valence-electron chi connectivity index (χ3n) is 4.47. The first-order chi connectivity index (χ1) is 9.39. The summed E-state index contributed by atoms with van der Waals surface area (Å²) in [7, 11) is -0.435. The van der Waals surface area contributed by atoms with Gasteiger partial charge < -0.3 is 23.4 Å². The summed E-state index contributed by atoms with van der Waals surface area (Å²) in [6.45, 7) is 11.5.